The Hall–Kier alpha value is 0.154. The van der Waals surface area contributed by atoms with Crippen LogP contribution in [-0.2, 0) is 20.3 Å². The molecular weight excluding hydrogens is 172 g/mol. The van der Waals surface area contributed by atoms with Gasteiger partial charge in [0, 0.05) is 0 Å². The monoisotopic (exact) mass is 188 g/mol. The molecule has 1 rings (SSSR count). The zero-order chi connectivity index (χ0) is 8.48. The number of rotatable bonds is 2. The molecule has 0 aromatic carbocycles. The quantitative estimate of drug-likeness (QED) is 0.605. The number of allylic oxidation sites excluding steroid dienone is 4. The van der Waals surface area contributed by atoms with Crippen LogP contribution in [-0.4, -0.2) is 7.11 Å². The van der Waals surface area contributed by atoms with Crippen LogP contribution in [0.2, 0.25) is 10.5 Å². The first-order valence-corrected chi connectivity index (χ1v) is 8.54. The molecule has 0 aliphatic heterocycles. The molecule has 0 amide bonds. The van der Waals surface area contributed by atoms with Gasteiger partial charge >= 0.3 is 72.8 Å². The molecule has 1 nitrogen and oxygen atoms in total. The predicted octanol–water partition coefficient (Wildman–Crippen LogP) is 3.03. The van der Waals surface area contributed by atoms with Crippen molar-refractivity contribution in [1.82, 2.24) is 0 Å². The Kier molecular flexibility index (Phi) is 2.74. The van der Waals surface area contributed by atoms with Gasteiger partial charge in [-0.25, -0.2) is 0 Å². The van der Waals surface area contributed by atoms with E-state index in [0.717, 1.165) is 6.42 Å². The first-order chi connectivity index (χ1) is 5.08. The molecule has 0 unspecified atom stereocenters. The summed E-state index contributed by atoms with van der Waals surface area (Å²) in [6.07, 6.45) is 5.57. The van der Waals surface area contributed by atoms with Crippen molar-refractivity contribution in [2.75, 3.05) is 7.11 Å². The third kappa shape index (κ3) is 1.84. The molecule has 1 aliphatic carbocycles. The van der Waals surface area contributed by atoms with E-state index in [-0.39, 0.29) is 0 Å². The van der Waals surface area contributed by atoms with Crippen molar-refractivity contribution < 1.29 is 20.3 Å². The average molecular weight is 188 g/mol. The molecule has 0 aromatic rings. The fourth-order valence-electron chi connectivity index (χ4n) is 1.46. The van der Waals surface area contributed by atoms with Crippen LogP contribution in [0.5, 0.6) is 0 Å². The SMILES string of the molecule is C[O][Ti]([CH3])([CH3])[C]1=C(C)C=CC1. The van der Waals surface area contributed by atoms with E-state index in [1.807, 2.05) is 7.11 Å². The third-order valence-electron chi connectivity index (χ3n) is 2.40. The zero-order valence-corrected chi connectivity index (χ0v) is 9.33. The second-order valence-corrected chi connectivity index (χ2v) is 9.78. The van der Waals surface area contributed by atoms with Crippen LogP contribution >= 0.6 is 0 Å². The third-order valence-corrected chi connectivity index (χ3v) is 7.20. The minimum atomic E-state index is -1.98. The van der Waals surface area contributed by atoms with Gasteiger partial charge in [0.15, 0.2) is 0 Å². The topological polar surface area (TPSA) is 9.23 Å². The molecule has 0 N–H and O–H groups in total. The Morgan fingerprint density at radius 1 is 1.45 bits per heavy atom. The van der Waals surface area contributed by atoms with Crippen LogP contribution in [0.4, 0.5) is 0 Å². The Morgan fingerprint density at radius 2 is 2.09 bits per heavy atom. The summed E-state index contributed by atoms with van der Waals surface area (Å²) in [7, 11) is 1.85. The first kappa shape index (κ1) is 9.24. The summed E-state index contributed by atoms with van der Waals surface area (Å²) in [5.41, 5.74) is 1.44. The molecule has 0 radical (unpaired) electrons. The molecule has 2 heteroatoms. The van der Waals surface area contributed by atoms with Gasteiger partial charge in [0.25, 0.3) is 0 Å². The van der Waals surface area contributed by atoms with Crippen LogP contribution in [0, 0.1) is 0 Å². The summed E-state index contributed by atoms with van der Waals surface area (Å²) in [4.78, 5) is 0. The Balaban J connectivity index is 2.85. The average Bonchev–Trinajstić information content (AvgIpc) is 2.36. The Bertz CT molecular complexity index is 214. The van der Waals surface area contributed by atoms with Gasteiger partial charge in [-0.3, -0.25) is 0 Å². The van der Waals surface area contributed by atoms with Gasteiger partial charge in [-0.2, -0.15) is 0 Å². The Morgan fingerprint density at radius 3 is 2.45 bits per heavy atom. The van der Waals surface area contributed by atoms with Gasteiger partial charge in [-0.15, -0.1) is 0 Å². The van der Waals surface area contributed by atoms with Gasteiger partial charge in [-0.05, 0) is 0 Å². The van der Waals surface area contributed by atoms with Crippen LogP contribution in [0.3, 0.4) is 0 Å². The summed E-state index contributed by atoms with van der Waals surface area (Å²) in [6.45, 7) is 2.19. The van der Waals surface area contributed by atoms with Crippen molar-refractivity contribution in [3.8, 4) is 0 Å². The first-order valence-electron chi connectivity index (χ1n) is 4.00. The fraction of sp³-hybridized carbons (Fsp3) is 0.556. The summed E-state index contributed by atoms with van der Waals surface area (Å²) >= 11 is -1.98. The molecular formula is C9H16OTi. The molecule has 1 aliphatic rings. The normalized spacial score (nSPS) is 18.2. The van der Waals surface area contributed by atoms with Gasteiger partial charge in [0.05, 0.1) is 0 Å². The van der Waals surface area contributed by atoms with E-state index in [4.69, 9.17) is 3.32 Å². The molecule has 62 valence electrons. The van der Waals surface area contributed by atoms with Crippen molar-refractivity contribution in [2.24, 2.45) is 0 Å². The van der Waals surface area contributed by atoms with E-state index in [1.165, 1.54) is 5.57 Å². The number of hydrogen-bond donors (Lipinski definition) is 0. The van der Waals surface area contributed by atoms with Crippen molar-refractivity contribution in [3.05, 3.63) is 21.6 Å². The molecule has 0 bridgehead atoms. The summed E-state index contributed by atoms with van der Waals surface area (Å²) in [5.74, 6) is 0. The second-order valence-electron chi connectivity index (χ2n) is 3.48. The molecule has 11 heavy (non-hydrogen) atoms. The van der Waals surface area contributed by atoms with Crippen molar-refractivity contribution in [1.29, 1.82) is 0 Å². The van der Waals surface area contributed by atoms with E-state index in [0.29, 0.717) is 0 Å². The predicted molar refractivity (Wildman–Crippen MR) is 45.2 cm³/mol. The summed E-state index contributed by atoms with van der Waals surface area (Å²) < 4.78 is 7.17. The van der Waals surface area contributed by atoms with Crippen LogP contribution < -0.4 is 0 Å². The molecule has 0 saturated carbocycles. The standard InChI is InChI=1S/C6H7.CH3O.2CH3.Ti/c1-6-4-2-3-5-6;1-2;;;/h2,4H,3H2,1H3;1H3;2*1H3;/q;-1;;;+1. The van der Waals surface area contributed by atoms with Crippen molar-refractivity contribution in [3.63, 3.8) is 0 Å². The van der Waals surface area contributed by atoms with Crippen LogP contribution in [0.25, 0.3) is 0 Å². The molecule has 0 heterocycles. The van der Waals surface area contributed by atoms with Gasteiger partial charge in [-0.1, -0.05) is 0 Å². The molecule has 0 atom stereocenters. The van der Waals surface area contributed by atoms with Crippen molar-refractivity contribution >= 4 is 0 Å². The molecule has 0 fully saturated rings. The van der Waals surface area contributed by atoms with Gasteiger partial charge in [0.2, 0.25) is 0 Å². The van der Waals surface area contributed by atoms with E-state index >= 15 is 0 Å². The minimum absolute atomic E-state index is 1.13. The molecule has 0 aromatic heterocycles. The van der Waals surface area contributed by atoms with Crippen LogP contribution in [0.15, 0.2) is 21.6 Å². The fourth-order valence-corrected chi connectivity index (χ4v) is 4.41. The summed E-state index contributed by atoms with van der Waals surface area (Å²) in [6, 6.07) is 0. The van der Waals surface area contributed by atoms with E-state index < -0.39 is 17.0 Å². The van der Waals surface area contributed by atoms with E-state index in [1.54, 1.807) is 3.88 Å². The van der Waals surface area contributed by atoms with E-state index in [2.05, 4.69) is 29.5 Å². The van der Waals surface area contributed by atoms with Gasteiger partial charge in [0.1, 0.15) is 0 Å². The van der Waals surface area contributed by atoms with Crippen LogP contribution in [0.1, 0.15) is 13.3 Å². The van der Waals surface area contributed by atoms with E-state index in [9.17, 15) is 0 Å². The molecule has 0 spiro atoms. The molecule has 0 saturated heterocycles. The maximum absolute atomic E-state index is 5.58. The van der Waals surface area contributed by atoms with Gasteiger partial charge < -0.3 is 0 Å². The summed E-state index contributed by atoms with van der Waals surface area (Å²) in [5, 5.41) is 4.59. The number of hydrogen-bond acceptors (Lipinski definition) is 1. The zero-order valence-electron chi connectivity index (χ0n) is 7.77. The maximum atomic E-state index is 5.58. The second kappa shape index (κ2) is 3.26. The Labute approximate surface area is 73.0 Å². The van der Waals surface area contributed by atoms with Crippen molar-refractivity contribution in [2.45, 2.75) is 23.8 Å².